The van der Waals surface area contributed by atoms with Crippen LogP contribution in [0.15, 0.2) is 47.8 Å². The minimum atomic E-state index is -0.162. The third-order valence-electron chi connectivity index (χ3n) is 5.95. The maximum Gasteiger partial charge on any atom is 0.235 e. The molecule has 176 valence electrons. The van der Waals surface area contributed by atoms with Crippen molar-refractivity contribution in [1.82, 2.24) is 30.0 Å². The first-order chi connectivity index (χ1) is 16.4. The number of benzene rings is 2. The van der Waals surface area contributed by atoms with Gasteiger partial charge in [-0.3, -0.25) is 4.79 Å². The summed E-state index contributed by atoms with van der Waals surface area (Å²) in [7, 11) is 1.67. The number of anilines is 1. The Labute approximate surface area is 202 Å². The molecule has 34 heavy (non-hydrogen) atoms. The summed E-state index contributed by atoms with van der Waals surface area (Å²) < 4.78 is 8.84. The molecule has 0 aliphatic heterocycles. The lowest BCUT2D eigenvalue weighted by atomic mass is 10.0. The van der Waals surface area contributed by atoms with Crippen LogP contribution in [-0.2, 0) is 11.3 Å². The molecule has 10 heteroatoms. The van der Waals surface area contributed by atoms with Crippen LogP contribution in [0.2, 0.25) is 0 Å². The lowest BCUT2D eigenvalue weighted by molar-refractivity contribution is -0.113. The fourth-order valence-electron chi connectivity index (χ4n) is 3.66. The second-order valence-electron chi connectivity index (χ2n) is 7.98. The number of carbonyl (C=O) groups excluding carboxylic acids is 1. The second-order valence-corrected chi connectivity index (χ2v) is 8.92. The van der Waals surface area contributed by atoms with Gasteiger partial charge in [-0.1, -0.05) is 30.0 Å². The van der Waals surface area contributed by atoms with Gasteiger partial charge in [0.25, 0.3) is 0 Å². The molecule has 2 aromatic carbocycles. The molecular formula is C24H27N7O2S. The molecule has 0 bridgehead atoms. The molecule has 0 atom stereocenters. The predicted molar refractivity (Wildman–Crippen MR) is 132 cm³/mol. The van der Waals surface area contributed by atoms with Gasteiger partial charge in [-0.25, -0.2) is 4.68 Å². The molecular weight excluding hydrogens is 450 g/mol. The van der Waals surface area contributed by atoms with Crippen LogP contribution in [0.4, 0.5) is 5.82 Å². The zero-order valence-corrected chi connectivity index (χ0v) is 20.7. The predicted octanol–water partition coefficient (Wildman–Crippen LogP) is 3.88. The lowest BCUT2D eigenvalue weighted by Crippen LogP contribution is -2.18. The smallest absolute Gasteiger partial charge is 0.235 e. The molecule has 9 nitrogen and oxygen atoms in total. The number of methoxy groups -OCH3 is 1. The average molecular weight is 478 g/mol. The molecule has 2 aromatic heterocycles. The van der Waals surface area contributed by atoms with Crippen LogP contribution in [0.5, 0.6) is 5.75 Å². The van der Waals surface area contributed by atoms with Gasteiger partial charge in [0.2, 0.25) is 11.1 Å². The lowest BCUT2D eigenvalue weighted by Gasteiger charge is -2.14. The quantitative estimate of drug-likeness (QED) is 0.385. The molecule has 1 amide bonds. The van der Waals surface area contributed by atoms with E-state index in [4.69, 9.17) is 4.74 Å². The summed E-state index contributed by atoms with van der Waals surface area (Å²) in [6.45, 7) is 8.71. The summed E-state index contributed by atoms with van der Waals surface area (Å²) in [5.41, 5.74) is 6.48. The zero-order valence-electron chi connectivity index (χ0n) is 19.9. The molecule has 0 fully saturated rings. The molecule has 0 radical (unpaired) electrons. The second kappa shape index (κ2) is 10.1. The number of nitrogens with zero attached hydrogens (tertiary/aromatic N) is 6. The fraction of sp³-hybridized carbons (Fsp3) is 0.292. The van der Waals surface area contributed by atoms with Gasteiger partial charge in [0.1, 0.15) is 11.6 Å². The van der Waals surface area contributed by atoms with Crippen LogP contribution in [-0.4, -0.2) is 48.8 Å². The van der Waals surface area contributed by atoms with Crippen molar-refractivity contribution in [3.8, 4) is 11.4 Å². The molecule has 0 saturated heterocycles. The van der Waals surface area contributed by atoms with Gasteiger partial charge in [0.05, 0.1) is 31.3 Å². The first-order valence-electron chi connectivity index (χ1n) is 10.8. The van der Waals surface area contributed by atoms with Crippen molar-refractivity contribution in [3.63, 3.8) is 0 Å². The summed E-state index contributed by atoms with van der Waals surface area (Å²) in [5, 5.41) is 19.9. The summed E-state index contributed by atoms with van der Waals surface area (Å²) in [5.74, 6) is 1.49. The van der Waals surface area contributed by atoms with E-state index in [1.165, 1.54) is 11.8 Å². The number of carbonyl (C=O) groups is 1. The van der Waals surface area contributed by atoms with Crippen LogP contribution in [0.3, 0.4) is 0 Å². The Morgan fingerprint density at radius 1 is 1.06 bits per heavy atom. The topological polar surface area (TPSA) is 99.8 Å². The highest BCUT2D eigenvalue weighted by molar-refractivity contribution is 7.99. The van der Waals surface area contributed by atoms with Gasteiger partial charge >= 0.3 is 0 Å². The van der Waals surface area contributed by atoms with Crippen molar-refractivity contribution in [2.45, 2.75) is 39.4 Å². The number of rotatable bonds is 8. The van der Waals surface area contributed by atoms with Crippen molar-refractivity contribution in [3.05, 3.63) is 70.4 Å². The fourth-order valence-corrected chi connectivity index (χ4v) is 4.35. The molecule has 4 rings (SSSR count). The molecule has 0 unspecified atom stereocenters. The van der Waals surface area contributed by atoms with Crippen LogP contribution in [0.25, 0.3) is 5.69 Å². The highest BCUT2D eigenvalue weighted by Crippen LogP contribution is 2.26. The molecule has 0 saturated carbocycles. The normalized spacial score (nSPS) is 11.0. The Bertz CT molecular complexity index is 1330. The summed E-state index contributed by atoms with van der Waals surface area (Å²) in [6, 6.07) is 11.7. The van der Waals surface area contributed by atoms with Crippen LogP contribution in [0, 0.1) is 27.7 Å². The standard InChI is InChI=1S/C24H27N7O2S/c1-15-7-6-8-20(16(15)2)31-24(27-28-29-31)34-14-23(32)26-22-11-12-25-30(22)13-19-9-10-21(33-5)18(4)17(19)3/h6-12H,13-14H2,1-5H3,(H,26,32). The van der Waals surface area contributed by atoms with Gasteiger partial charge < -0.3 is 10.1 Å². The first kappa shape index (κ1) is 23.5. The van der Waals surface area contributed by atoms with Crippen LogP contribution < -0.4 is 10.1 Å². The van der Waals surface area contributed by atoms with Crippen LogP contribution in [0.1, 0.15) is 27.8 Å². The molecule has 4 aromatic rings. The van der Waals surface area contributed by atoms with E-state index < -0.39 is 0 Å². The van der Waals surface area contributed by atoms with E-state index in [9.17, 15) is 4.79 Å². The number of aromatic nitrogens is 6. The molecule has 0 aliphatic rings. The Morgan fingerprint density at radius 3 is 2.68 bits per heavy atom. The van der Waals surface area contributed by atoms with Gasteiger partial charge in [-0.05, 0) is 78.1 Å². The van der Waals surface area contributed by atoms with Gasteiger partial charge in [-0.15, -0.1) is 5.10 Å². The Kier molecular flexibility index (Phi) is 6.97. The Morgan fingerprint density at radius 2 is 1.88 bits per heavy atom. The third kappa shape index (κ3) is 4.81. The monoisotopic (exact) mass is 477 g/mol. The number of hydrogen-bond acceptors (Lipinski definition) is 7. The van der Waals surface area contributed by atoms with Crippen molar-refractivity contribution in [2.24, 2.45) is 0 Å². The van der Waals surface area contributed by atoms with E-state index >= 15 is 0 Å². The average Bonchev–Trinajstić information content (AvgIpc) is 3.47. The van der Waals surface area contributed by atoms with Crippen LogP contribution >= 0.6 is 11.8 Å². The molecule has 0 aliphatic carbocycles. The van der Waals surface area contributed by atoms with Gasteiger partial charge in [0.15, 0.2) is 0 Å². The summed E-state index contributed by atoms with van der Waals surface area (Å²) >= 11 is 1.28. The first-order valence-corrected chi connectivity index (χ1v) is 11.8. The summed E-state index contributed by atoms with van der Waals surface area (Å²) in [4.78, 5) is 12.7. The minimum absolute atomic E-state index is 0.162. The number of amides is 1. The van der Waals surface area contributed by atoms with Crippen molar-refractivity contribution in [1.29, 1.82) is 0 Å². The van der Waals surface area contributed by atoms with Crippen molar-refractivity contribution in [2.75, 3.05) is 18.2 Å². The molecule has 2 heterocycles. The van der Waals surface area contributed by atoms with Gasteiger partial charge in [-0.2, -0.15) is 9.78 Å². The van der Waals surface area contributed by atoms with E-state index in [0.717, 1.165) is 39.3 Å². The van der Waals surface area contributed by atoms with E-state index in [0.29, 0.717) is 17.5 Å². The highest BCUT2D eigenvalue weighted by atomic mass is 32.2. The number of aryl methyl sites for hydroxylation is 1. The van der Waals surface area contributed by atoms with E-state index in [-0.39, 0.29) is 11.7 Å². The van der Waals surface area contributed by atoms with E-state index in [1.807, 2.05) is 51.1 Å². The van der Waals surface area contributed by atoms with Crippen molar-refractivity contribution >= 4 is 23.5 Å². The minimum Gasteiger partial charge on any atom is -0.496 e. The summed E-state index contributed by atoms with van der Waals surface area (Å²) in [6.07, 6.45) is 1.68. The zero-order chi connectivity index (χ0) is 24.2. The molecule has 1 N–H and O–H groups in total. The Balaban J connectivity index is 1.43. The van der Waals surface area contributed by atoms with E-state index in [2.05, 4.69) is 32.9 Å². The maximum absolute atomic E-state index is 12.7. The van der Waals surface area contributed by atoms with E-state index in [1.54, 1.807) is 28.7 Å². The number of nitrogens with one attached hydrogen (secondary N) is 1. The van der Waals surface area contributed by atoms with Crippen molar-refractivity contribution < 1.29 is 9.53 Å². The highest BCUT2D eigenvalue weighted by Gasteiger charge is 2.15. The Hall–Kier alpha value is -3.66. The number of hydrogen-bond donors (Lipinski definition) is 1. The molecule has 0 spiro atoms. The number of ether oxygens (including phenoxy) is 1. The number of tetrazole rings is 1. The largest absolute Gasteiger partial charge is 0.496 e. The third-order valence-corrected chi connectivity index (χ3v) is 6.87. The van der Waals surface area contributed by atoms with Gasteiger partial charge in [0, 0.05) is 6.07 Å². The maximum atomic E-state index is 12.7. The number of thioether (sulfide) groups is 1. The SMILES string of the molecule is COc1ccc(Cn2nccc2NC(=O)CSc2nnnn2-c2cccc(C)c2C)c(C)c1C.